The Labute approximate surface area is 82.1 Å². The number of hydrogen-bond acceptors (Lipinski definition) is 1. The first-order valence-electron chi connectivity index (χ1n) is 4.35. The summed E-state index contributed by atoms with van der Waals surface area (Å²) in [5, 5.41) is 7.27. The summed E-state index contributed by atoms with van der Waals surface area (Å²) < 4.78 is 0. The molecule has 0 bridgehead atoms. The van der Waals surface area contributed by atoms with Gasteiger partial charge < -0.3 is 10.7 Å². The zero-order valence-electron chi connectivity index (χ0n) is 7.62. The van der Waals surface area contributed by atoms with Crippen LogP contribution in [-0.2, 0) is 0 Å². The van der Waals surface area contributed by atoms with Crippen LogP contribution in [0.4, 0.5) is 0 Å². The zero-order chi connectivity index (χ0) is 9.97. The Balaban J connectivity index is 2.39. The molecule has 3 nitrogen and oxygen atoms in total. The minimum Gasteiger partial charge on any atom is -0.384 e. The summed E-state index contributed by atoms with van der Waals surface area (Å²) in [7, 11) is 0. The van der Waals surface area contributed by atoms with Gasteiger partial charge in [-0.05, 0) is 11.6 Å². The lowest BCUT2D eigenvalue weighted by Gasteiger charge is -1.95. The van der Waals surface area contributed by atoms with Crippen molar-refractivity contribution < 1.29 is 0 Å². The smallest absolute Gasteiger partial charge is 0.124 e. The third-order valence-electron chi connectivity index (χ3n) is 2.08. The minimum absolute atomic E-state index is 0.0865. The molecule has 14 heavy (non-hydrogen) atoms. The number of aromatic amines is 1. The highest BCUT2D eigenvalue weighted by Gasteiger charge is 2.02. The monoisotopic (exact) mass is 185 g/mol. The molecular formula is C11H11N3. The van der Waals surface area contributed by atoms with E-state index in [1.54, 1.807) is 6.20 Å². The Morgan fingerprint density at radius 2 is 1.93 bits per heavy atom. The zero-order valence-corrected chi connectivity index (χ0v) is 7.62. The van der Waals surface area contributed by atoms with E-state index in [2.05, 4.69) is 4.98 Å². The van der Waals surface area contributed by atoms with Crippen molar-refractivity contribution in [2.75, 3.05) is 0 Å². The first-order valence-corrected chi connectivity index (χ1v) is 4.35. The third-order valence-corrected chi connectivity index (χ3v) is 2.08. The Bertz CT molecular complexity index is 443. The fraction of sp³-hybridized carbons (Fsp3) is 0. The fourth-order valence-corrected chi connectivity index (χ4v) is 1.33. The lowest BCUT2D eigenvalue weighted by Crippen LogP contribution is -2.09. The van der Waals surface area contributed by atoms with Gasteiger partial charge in [0.15, 0.2) is 0 Å². The largest absolute Gasteiger partial charge is 0.384 e. The lowest BCUT2D eigenvalue weighted by atomic mass is 10.1. The third kappa shape index (κ3) is 1.52. The second kappa shape index (κ2) is 3.38. The Morgan fingerprint density at radius 1 is 1.21 bits per heavy atom. The first kappa shape index (κ1) is 8.56. The van der Waals surface area contributed by atoms with E-state index in [9.17, 15) is 0 Å². The number of amidine groups is 1. The van der Waals surface area contributed by atoms with Crippen LogP contribution in [-0.4, -0.2) is 10.8 Å². The van der Waals surface area contributed by atoms with Gasteiger partial charge in [-0.2, -0.15) is 0 Å². The molecule has 0 aliphatic rings. The molecule has 0 amide bonds. The van der Waals surface area contributed by atoms with Gasteiger partial charge in [0.1, 0.15) is 5.84 Å². The predicted octanol–water partition coefficient (Wildman–Crippen LogP) is 1.97. The maximum Gasteiger partial charge on any atom is 0.124 e. The number of H-pyrrole nitrogens is 1. The number of hydrogen-bond donors (Lipinski definition) is 3. The van der Waals surface area contributed by atoms with Crippen LogP contribution < -0.4 is 5.73 Å². The first-order chi connectivity index (χ1) is 6.77. The molecule has 0 saturated heterocycles. The van der Waals surface area contributed by atoms with E-state index >= 15 is 0 Å². The Kier molecular flexibility index (Phi) is 2.07. The number of benzene rings is 1. The van der Waals surface area contributed by atoms with Crippen LogP contribution >= 0.6 is 0 Å². The summed E-state index contributed by atoms with van der Waals surface area (Å²) in [5.74, 6) is 0.0865. The van der Waals surface area contributed by atoms with Crippen molar-refractivity contribution in [1.82, 2.24) is 4.98 Å². The van der Waals surface area contributed by atoms with Gasteiger partial charge in [-0.25, -0.2) is 0 Å². The molecular weight excluding hydrogens is 174 g/mol. The van der Waals surface area contributed by atoms with Crippen molar-refractivity contribution in [2.45, 2.75) is 0 Å². The van der Waals surface area contributed by atoms with E-state index in [1.165, 1.54) is 0 Å². The van der Waals surface area contributed by atoms with Gasteiger partial charge in [0, 0.05) is 17.5 Å². The van der Waals surface area contributed by atoms with E-state index in [1.807, 2.05) is 36.4 Å². The predicted molar refractivity (Wildman–Crippen MR) is 57.2 cm³/mol. The van der Waals surface area contributed by atoms with Gasteiger partial charge in [0.05, 0.1) is 0 Å². The molecule has 0 radical (unpaired) electrons. The number of nitrogen functional groups attached to an aromatic ring is 1. The number of rotatable bonds is 2. The topological polar surface area (TPSA) is 65.7 Å². The molecule has 0 aliphatic carbocycles. The van der Waals surface area contributed by atoms with Crippen LogP contribution in [0.5, 0.6) is 0 Å². The van der Waals surface area contributed by atoms with Crippen molar-refractivity contribution >= 4 is 5.84 Å². The van der Waals surface area contributed by atoms with Crippen molar-refractivity contribution in [3.05, 3.63) is 48.2 Å². The van der Waals surface area contributed by atoms with Gasteiger partial charge in [-0.1, -0.05) is 30.3 Å². The van der Waals surface area contributed by atoms with E-state index in [0.29, 0.717) is 0 Å². The quantitative estimate of drug-likeness (QED) is 0.486. The highest BCUT2D eigenvalue weighted by molar-refractivity contribution is 5.95. The molecule has 0 saturated carbocycles. The molecule has 70 valence electrons. The summed E-state index contributed by atoms with van der Waals surface area (Å²) in [6.07, 6.45) is 1.74. The molecule has 0 atom stereocenters. The van der Waals surface area contributed by atoms with Crippen molar-refractivity contribution in [2.24, 2.45) is 5.73 Å². The van der Waals surface area contributed by atoms with Gasteiger partial charge >= 0.3 is 0 Å². The van der Waals surface area contributed by atoms with E-state index in [0.717, 1.165) is 16.8 Å². The average molecular weight is 185 g/mol. The van der Waals surface area contributed by atoms with Crippen LogP contribution in [0.25, 0.3) is 11.3 Å². The van der Waals surface area contributed by atoms with Crippen LogP contribution in [0.2, 0.25) is 0 Å². The van der Waals surface area contributed by atoms with Crippen LogP contribution in [0, 0.1) is 5.41 Å². The van der Waals surface area contributed by atoms with E-state index in [4.69, 9.17) is 11.1 Å². The molecule has 4 N–H and O–H groups in total. The average Bonchev–Trinajstić information content (AvgIpc) is 2.68. The summed E-state index contributed by atoms with van der Waals surface area (Å²) in [4.78, 5) is 3.08. The molecule has 1 aromatic carbocycles. The standard InChI is InChI=1S/C11H11N3/c12-11(13)9-6-10(14-7-9)8-4-2-1-3-5-8/h1-7,14H,(H3,12,13). The highest BCUT2D eigenvalue weighted by atomic mass is 14.7. The maximum absolute atomic E-state index is 7.27. The van der Waals surface area contributed by atoms with Gasteiger partial charge in [-0.3, -0.25) is 5.41 Å². The Morgan fingerprint density at radius 3 is 2.50 bits per heavy atom. The SMILES string of the molecule is N=C(N)c1c[nH]c(-c2ccccc2)c1. The highest BCUT2D eigenvalue weighted by Crippen LogP contribution is 2.17. The molecule has 0 fully saturated rings. The van der Waals surface area contributed by atoms with Crippen molar-refractivity contribution in [3.63, 3.8) is 0 Å². The molecule has 0 aliphatic heterocycles. The summed E-state index contributed by atoms with van der Waals surface area (Å²) in [6.45, 7) is 0. The van der Waals surface area contributed by atoms with Crippen molar-refractivity contribution in [3.8, 4) is 11.3 Å². The molecule has 1 aromatic heterocycles. The van der Waals surface area contributed by atoms with E-state index < -0.39 is 0 Å². The van der Waals surface area contributed by atoms with Gasteiger partial charge in [0.2, 0.25) is 0 Å². The second-order valence-corrected chi connectivity index (χ2v) is 3.08. The van der Waals surface area contributed by atoms with Gasteiger partial charge in [-0.15, -0.1) is 0 Å². The lowest BCUT2D eigenvalue weighted by molar-refractivity contribution is 1.38. The molecule has 2 rings (SSSR count). The van der Waals surface area contributed by atoms with Gasteiger partial charge in [0.25, 0.3) is 0 Å². The fourth-order valence-electron chi connectivity index (χ4n) is 1.33. The second-order valence-electron chi connectivity index (χ2n) is 3.08. The van der Waals surface area contributed by atoms with Crippen molar-refractivity contribution in [1.29, 1.82) is 5.41 Å². The van der Waals surface area contributed by atoms with Crippen LogP contribution in [0.15, 0.2) is 42.6 Å². The molecule has 1 heterocycles. The maximum atomic E-state index is 7.27. The summed E-state index contributed by atoms with van der Waals surface area (Å²) in [6, 6.07) is 11.8. The van der Waals surface area contributed by atoms with Crippen LogP contribution in [0.3, 0.4) is 0 Å². The van der Waals surface area contributed by atoms with Crippen LogP contribution in [0.1, 0.15) is 5.56 Å². The Hall–Kier alpha value is -2.03. The number of aromatic nitrogens is 1. The number of nitrogens with two attached hydrogens (primary N) is 1. The molecule has 3 heteroatoms. The van der Waals surface area contributed by atoms with E-state index in [-0.39, 0.29) is 5.84 Å². The molecule has 0 unspecified atom stereocenters. The molecule has 2 aromatic rings. The number of nitrogens with one attached hydrogen (secondary N) is 2. The summed E-state index contributed by atoms with van der Waals surface area (Å²) in [5.41, 5.74) is 8.17. The molecule has 0 spiro atoms. The normalized spacial score (nSPS) is 10.0. The summed E-state index contributed by atoms with van der Waals surface area (Å²) >= 11 is 0. The minimum atomic E-state index is 0.0865.